The molecule has 6 heteroatoms. The minimum atomic E-state index is 0.621. The first-order valence-corrected chi connectivity index (χ1v) is 8.43. The molecule has 0 spiro atoms. The average Bonchev–Trinajstić information content (AvgIpc) is 2.92. The van der Waals surface area contributed by atoms with Gasteiger partial charge in [-0.3, -0.25) is 9.67 Å². The Morgan fingerprint density at radius 2 is 2.10 bits per heavy atom. The number of aryl methyl sites for hydroxylation is 1. The van der Waals surface area contributed by atoms with E-state index in [0.717, 1.165) is 37.3 Å². The maximum Gasteiger partial charge on any atom is 0.195 e. The van der Waals surface area contributed by atoms with Crippen molar-refractivity contribution >= 4 is 23.6 Å². The predicted molar refractivity (Wildman–Crippen MR) is 86.7 cm³/mol. The normalized spacial score (nSPS) is 11.4. The molecular weight excluding hydrogens is 288 g/mol. The summed E-state index contributed by atoms with van der Waals surface area (Å²) in [6.07, 6.45) is 3.11. The smallest absolute Gasteiger partial charge is 0.195 e. The number of hydrogen-bond acceptors (Lipinski definition) is 4. The Labute approximate surface area is 129 Å². The summed E-state index contributed by atoms with van der Waals surface area (Å²) in [6, 6.07) is 0. The summed E-state index contributed by atoms with van der Waals surface area (Å²) in [7, 11) is 0. The summed E-state index contributed by atoms with van der Waals surface area (Å²) in [6.45, 7) is 9.55. The Morgan fingerprint density at radius 3 is 2.70 bits per heavy atom. The molecule has 0 saturated carbocycles. The van der Waals surface area contributed by atoms with Gasteiger partial charge in [-0.1, -0.05) is 27.2 Å². The molecule has 2 aromatic rings. The molecule has 0 atom stereocenters. The van der Waals surface area contributed by atoms with Gasteiger partial charge in [0.25, 0.3) is 0 Å². The Kier molecular flexibility index (Phi) is 5.10. The third-order valence-electron chi connectivity index (χ3n) is 3.09. The standard InChI is InChI=1S/C14H22N4S2/c1-5-7-10-12(20-11(15-10)8-9(3)4)13-16-17-14(19)18(13)6-2/h9H,5-8H2,1-4H3,(H,17,19). The lowest BCUT2D eigenvalue weighted by Gasteiger charge is -2.02. The third-order valence-corrected chi connectivity index (χ3v) is 4.52. The minimum Gasteiger partial charge on any atom is -0.300 e. The lowest BCUT2D eigenvalue weighted by molar-refractivity contribution is 0.642. The first kappa shape index (κ1) is 15.4. The molecule has 110 valence electrons. The fourth-order valence-electron chi connectivity index (χ4n) is 2.20. The number of aromatic nitrogens is 4. The zero-order chi connectivity index (χ0) is 14.7. The van der Waals surface area contributed by atoms with E-state index in [-0.39, 0.29) is 0 Å². The van der Waals surface area contributed by atoms with Gasteiger partial charge in [0, 0.05) is 13.0 Å². The molecule has 20 heavy (non-hydrogen) atoms. The second-order valence-corrected chi connectivity index (χ2v) is 6.80. The summed E-state index contributed by atoms with van der Waals surface area (Å²) in [5.41, 5.74) is 1.16. The second-order valence-electron chi connectivity index (χ2n) is 5.33. The van der Waals surface area contributed by atoms with Crippen molar-refractivity contribution in [2.45, 2.75) is 53.5 Å². The topological polar surface area (TPSA) is 46.5 Å². The predicted octanol–water partition coefficient (Wildman–Crippen LogP) is 4.24. The van der Waals surface area contributed by atoms with Gasteiger partial charge in [0.1, 0.15) is 0 Å². The molecule has 0 saturated heterocycles. The average molecular weight is 310 g/mol. The first-order chi connectivity index (χ1) is 9.56. The van der Waals surface area contributed by atoms with Crippen LogP contribution in [-0.2, 0) is 19.4 Å². The molecule has 4 nitrogen and oxygen atoms in total. The van der Waals surface area contributed by atoms with Crippen molar-refractivity contribution in [3.8, 4) is 10.7 Å². The maximum absolute atomic E-state index is 5.29. The molecule has 0 aliphatic rings. The van der Waals surface area contributed by atoms with E-state index in [4.69, 9.17) is 17.2 Å². The second kappa shape index (κ2) is 6.63. The van der Waals surface area contributed by atoms with Crippen LogP contribution in [0.1, 0.15) is 44.8 Å². The highest BCUT2D eigenvalue weighted by Crippen LogP contribution is 2.31. The molecule has 0 amide bonds. The van der Waals surface area contributed by atoms with Crippen molar-refractivity contribution in [3.63, 3.8) is 0 Å². The molecule has 1 N–H and O–H groups in total. The van der Waals surface area contributed by atoms with Crippen LogP contribution in [0.25, 0.3) is 10.7 Å². The molecule has 0 aliphatic carbocycles. The molecule has 0 radical (unpaired) electrons. The van der Waals surface area contributed by atoms with Crippen LogP contribution in [0.5, 0.6) is 0 Å². The number of H-pyrrole nitrogens is 1. The van der Waals surface area contributed by atoms with E-state index in [1.54, 1.807) is 11.3 Å². The van der Waals surface area contributed by atoms with Crippen LogP contribution in [0.3, 0.4) is 0 Å². The molecule has 0 aromatic carbocycles. The van der Waals surface area contributed by atoms with Gasteiger partial charge >= 0.3 is 0 Å². The summed E-state index contributed by atoms with van der Waals surface area (Å²) in [4.78, 5) is 6.00. The zero-order valence-corrected chi connectivity index (χ0v) is 14.2. The van der Waals surface area contributed by atoms with Crippen LogP contribution in [0.2, 0.25) is 0 Å². The van der Waals surface area contributed by atoms with Crippen molar-refractivity contribution in [1.29, 1.82) is 0 Å². The van der Waals surface area contributed by atoms with Crippen LogP contribution in [0.15, 0.2) is 0 Å². The van der Waals surface area contributed by atoms with Gasteiger partial charge in [-0.05, 0) is 31.5 Å². The summed E-state index contributed by atoms with van der Waals surface area (Å²) in [5, 5.41) is 8.51. The maximum atomic E-state index is 5.29. The van der Waals surface area contributed by atoms with E-state index in [0.29, 0.717) is 10.7 Å². The van der Waals surface area contributed by atoms with Crippen LogP contribution in [0.4, 0.5) is 0 Å². The van der Waals surface area contributed by atoms with Crippen molar-refractivity contribution in [2.75, 3.05) is 0 Å². The summed E-state index contributed by atoms with van der Waals surface area (Å²) < 4.78 is 2.73. The van der Waals surface area contributed by atoms with E-state index in [2.05, 4.69) is 37.9 Å². The number of hydrogen-bond donors (Lipinski definition) is 1. The van der Waals surface area contributed by atoms with Crippen LogP contribution in [0, 0.1) is 10.7 Å². The van der Waals surface area contributed by atoms with E-state index in [1.807, 2.05) is 4.57 Å². The Bertz CT molecular complexity index is 621. The third kappa shape index (κ3) is 3.17. The highest BCUT2D eigenvalue weighted by atomic mass is 32.1. The van der Waals surface area contributed by atoms with Gasteiger partial charge in [0.15, 0.2) is 10.6 Å². The lowest BCUT2D eigenvalue weighted by atomic mass is 10.1. The molecule has 0 fully saturated rings. The SMILES string of the molecule is CCCc1nc(CC(C)C)sc1-c1n[nH]c(=S)n1CC. The summed E-state index contributed by atoms with van der Waals surface area (Å²) in [5.74, 6) is 1.56. The number of nitrogens with zero attached hydrogens (tertiary/aromatic N) is 3. The number of rotatable bonds is 6. The number of nitrogens with one attached hydrogen (secondary N) is 1. The van der Waals surface area contributed by atoms with Crippen LogP contribution < -0.4 is 0 Å². The van der Waals surface area contributed by atoms with Crippen LogP contribution >= 0.6 is 23.6 Å². The van der Waals surface area contributed by atoms with Crippen molar-refractivity contribution in [1.82, 2.24) is 19.7 Å². The van der Waals surface area contributed by atoms with Gasteiger partial charge in [-0.2, -0.15) is 5.10 Å². The fraction of sp³-hybridized carbons (Fsp3) is 0.643. The van der Waals surface area contributed by atoms with E-state index in [1.165, 1.54) is 9.88 Å². The van der Waals surface area contributed by atoms with Gasteiger partial charge in [-0.15, -0.1) is 11.3 Å². The van der Waals surface area contributed by atoms with Crippen LogP contribution in [-0.4, -0.2) is 19.7 Å². The number of aromatic amines is 1. The largest absolute Gasteiger partial charge is 0.300 e. The molecule has 2 aromatic heterocycles. The van der Waals surface area contributed by atoms with Crippen molar-refractivity contribution < 1.29 is 0 Å². The van der Waals surface area contributed by atoms with E-state index in [9.17, 15) is 0 Å². The highest BCUT2D eigenvalue weighted by molar-refractivity contribution is 7.71. The quantitative estimate of drug-likeness (QED) is 0.812. The monoisotopic (exact) mass is 310 g/mol. The Morgan fingerprint density at radius 1 is 1.35 bits per heavy atom. The van der Waals surface area contributed by atoms with Gasteiger partial charge in [-0.25, -0.2) is 4.98 Å². The highest BCUT2D eigenvalue weighted by Gasteiger charge is 2.18. The molecule has 2 rings (SSSR count). The summed E-state index contributed by atoms with van der Waals surface area (Å²) >= 11 is 7.05. The first-order valence-electron chi connectivity index (χ1n) is 7.20. The zero-order valence-electron chi connectivity index (χ0n) is 12.6. The van der Waals surface area contributed by atoms with Crippen molar-refractivity contribution in [2.24, 2.45) is 5.92 Å². The lowest BCUT2D eigenvalue weighted by Crippen LogP contribution is -1.98. The molecule has 0 unspecified atom stereocenters. The number of thiazole rings is 1. The molecule has 0 aliphatic heterocycles. The minimum absolute atomic E-state index is 0.621. The molecular formula is C14H22N4S2. The molecule has 2 heterocycles. The van der Waals surface area contributed by atoms with Crippen molar-refractivity contribution in [3.05, 3.63) is 15.5 Å². The van der Waals surface area contributed by atoms with Gasteiger partial charge in [0.2, 0.25) is 0 Å². The van der Waals surface area contributed by atoms with Gasteiger partial charge < -0.3 is 0 Å². The van der Waals surface area contributed by atoms with E-state index >= 15 is 0 Å². The van der Waals surface area contributed by atoms with Gasteiger partial charge in [0.05, 0.1) is 15.6 Å². The Hall–Kier alpha value is -1.01. The molecule has 0 bridgehead atoms. The van der Waals surface area contributed by atoms with E-state index < -0.39 is 0 Å². The fourth-order valence-corrected chi connectivity index (χ4v) is 3.78. The Balaban J connectivity index is 2.47.